The molecule has 2 atom stereocenters. The van der Waals surface area contributed by atoms with Gasteiger partial charge in [0.2, 0.25) is 30.1 Å². The minimum absolute atomic E-state index is 0.0332. The van der Waals surface area contributed by atoms with Crippen LogP contribution in [0.1, 0.15) is 44.4 Å². The number of aryl methyl sites for hydroxylation is 3. The molecule has 3 aromatic rings. The second kappa shape index (κ2) is 14.0. The van der Waals surface area contributed by atoms with Crippen LogP contribution in [0.25, 0.3) is 0 Å². The van der Waals surface area contributed by atoms with E-state index in [0.29, 0.717) is 0 Å². The predicted molar refractivity (Wildman–Crippen MR) is 170 cm³/mol. The Bertz CT molecular complexity index is 1590. The summed E-state index contributed by atoms with van der Waals surface area (Å²) in [5, 5.41) is 0. The predicted octanol–water partition coefficient (Wildman–Crippen LogP) is 4.61. The van der Waals surface area contributed by atoms with Crippen molar-refractivity contribution in [1.82, 2.24) is 13.7 Å². The van der Waals surface area contributed by atoms with Crippen molar-refractivity contribution in [2.45, 2.75) is 75.2 Å². The minimum atomic E-state index is -4.16. The lowest BCUT2D eigenvalue weighted by molar-refractivity contribution is 0.288. The Morgan fingerprint density at radius 2 is 0.791 bits per heavy atom. The van der Waals surface area contributed by atoms with E-state index in [2.05, 4.69) is 9.44 Å². The van der Waals surface area contributed by atoms with Crippen LogP contribution in [0.3, 0.4) is 0 Å². The van der Waals surface area contributed by atoms with Crippen molar-refractivity contribution >= 4 is 30.1 Å². The Morgan fingerprint density at radius 3 is 1.07 bits per heavy atom. The van der Waals surface area contributed by atoms with Crippen molar-refractivity contribution in [2.75, 3.05) is 13.1 Å². The van der Waals surface area contributed by atoms with Gasteiger partial charge in [0, 0.05) is 25.2 Å². The van der Waals surface area contributed by atoms with Crippen LogP contribution in [0.2, 0.25) is 0 Å². The number of hydrogen-bond acceptors (Lipinski definition) is 6. The molecule has 0 saturated carbocycles. The maximum absolute atomic E-state index is 14.1. The zero-order chi connectivity index (χ0) is 32.2. The SMILES string of the molecule is Cc1ccc(S(=O)(=O)N[C@H](CN(C[C@@H](NS(=O)(=O)c2ccc(C)cc2)C(C)C)S(=O)(=O)c2ccc(C)cc2)C(C)C)cc1. The first-order valence-electron chi connectivity index (χ1n) is 14.2. The maximum Gasteiger partial charge on any atom is 0.243 e. The Labute approximate surface area is 257 Å². The number of sulfonamides is 3. The monoisotopic (exact) mass is 649 g/mol. The molecule has 0 aromatic heterocycles. The van der Waals surface area contributed by atoms with Gasteiger partial charge in [-0.1, -0.05) is 80.8 Å². The molecule has 236 valence electrons. The first-order chi connectivity index (χ1) is 19.9. The molecule has 2 N–H and O–H groups in total. The van der Waals surface area contributed by atoms with Gasteiger partial charge in [-0.05, 0) is 69.0 Å². The Balaban J connectivity index is 2.01. The molecular formula is C31H43N3O6S3. The summed E-state index contributed by atoms with van der Waals surface area (Å²) in [5.74, 6) is -0.588. The Hall–Kier alpha value is -2.61. The maximum atomic E-state index is 14.1. The van der Waals surface area contributed by atoms with Gasteiger partial charge in [0.15, 0.2) is 0 Å². The van der Waals surface area contributed by atoms with Crippen molar-refractivity contribution in [3.8, 4) is 0 Å². The van der Waals surface area contributed by atoms with E-state index in [1.54, 1.807) is 64.1 Å². The number of hydrogen-bond donors (Lipinski definition) is 2. The van der Waals surface area contributed by atoms with Crippen LogP contribution in [0.15, 0.2) is 87.5 Å². The molecule has 0 radical (unpaired) electrons. The molecule has 9 nitrogen and oxygen atoms in total. The average Bonchev–Trinajstić information content (AvgIpc) is 2.92. The molecule has 3 aromatic carbocycles. The summed E-state index contributed by atoms with van der Waals surface area (Å²) in [5.41, 5.74) is 2.69. The van der Waals surface area contributed by atoms with Gasteiger partial charge < -0.3 is 0 Å². The lowest BCUT2D eigenvalue weighted by atomic mass is 10.0. The molecule has 0 fully saturated rings. The van der Waals surface area contributed by atoms with Gasteiger partial charge in [0.25, 0.3) is 0 Å². The fourth-order valence-corrected chi connectivity index (χ4v) is 8.55. The summed E-state index contributed by atoms with van der Waals surface area (Å²) in [7, 11) is -12.1. The average molecular weight is 650 g/mol. The summed E-state index contributed by atoms with van der Waals surface area (Å²) in [6.07, 6.45) is 0. The second-order valence-electron chi connectivity index (χ2n) is 11.7. The van der Waals surface area contributed by atoms with Crippen molar-refractivity contribution < 1.29 is 25.3 Å². The molecule has 0 bridgehead atoms. The molecule has 43 heavy (non-hydrogen) atoms. The van der Waals surface area contributed by atoms with Gasteiger partial charge in [0.1, 0.15) is 0 Å². The van der Waals surface area contributed by atoms with Gasteiger partial charge >= 0.3 is 0 Å². The smallest absolute Gasteiger partial charge is 0.207 e. The second-order valence-corrected chi connectivity index (χ2v) is 17.1. The Kier molecular flexibility index (Phi) is 11.4. The van der Waals surface area contributed by atoms with Crippen molar-refractivity contribution in [2.24, 2.45) is 11.8 Å². The molecule has 0 amide bonds. The molecule has 3 rings (SSSR count). The highest BCUT2D eigenvalue weighted by Crippen LogP contribution is 2.22. The van der Waals surface area contributed by atoms with E-state index < -0.39 is 42.2 Å². The number of nitrogens with one attached hydrogen (secondary N) is 2. The highest BCUT2D eigenvalue weighted by Gasteiger charge is 2.34. The third-order valence-corrected chi connectivity index (χ3v) is 12.2. The molecule has 0 saturated heterocycles. The van der Waals surface area contributed by atoms with E-state index in [0.717, 1.165) is 16.7 Å². The van der Waals surface area contributed by atoms with Crippen LogP contribution >= 0.6 is 0 Å². The Morgan fingerprint density at radius 1 is 0.512 bits per heavy atom. The number of rotatable bonds is 14. The van der Waals surface area contributed by atoms with E-state index >= 15 is 0 Å². The first-order valence-corrected chi connectivity index (χ1v) is 18.6. The van der Waals surface area contributed by atoms with Crippen LogP contribution in [0, 0.1) is 32.6 Å². The minimum Gasteiger partial charge on any atom is -0.207 e. The molecule has 0 aliphatic carbocycles. The molecule has 0 unspecified atom stereocenters. The summed E-state index contributed by atoms with van der Waals surface area (Å²) in [4.78, 5) is 0.177. The van der Waals surface area contributed by atoms with E-state index in [1.165, 1.54) is 40.7 Å². The van der Waals surface area contributed by atoms with Crippen molar-refractivity contribution in [3.63, 3.8) is 0 Å². The normalized spacial score (nSPS) is 14.4. The summed E-state index contributed by atoms with van der Waals surface area (Å²) in [6.45, 7) is 12.3. The largest absolute Gasteiger partial charge is 0.243 e. The topological polar surface area (TPSA) is 130 Å². The summed E-state index contributed by atoms with van der Waals surface area (Å²) in [6, 6.07) is 17.5. The fraction of sp³-hybridized carbons (Fsp3) is 0.419. The van der Waals surface area contributed by atoms with Gasteiger partial charge in [-0.2, -0.15) is 4.31 Å². The number of benzene rings is 3. The highest BCUT2D eigenvalue weighted by atomic mass is 32.2. The van der Waals surface area contributed by atoms with Crippen LogP contribution in [-0.4, -0.2) is 54.7 Å². The first kappa shape index (κ1) is 34.9. The van der Waals surface area contributed by atoms with E-state index in [-0.39, 0.29) is 39.6 Å². The number of nitrogens with zero attached hydrogens (tertiary/aromatic N) is 1. The van der Waals surface area contributed by atoms with E-state index in [9.17, 15) is 25.3 Å². The standard InChI is InChI=1S/C31H43N3O6S3/c1-22(2)30(32-41(35,36)27-14-8-24(5)9-15-27)20-34(43(39,40)29-18-12-26(7)13-19-29)21-31(23(3)4)33-42(37,38)28-16-10-25(6)11-17-28/h8-19,22-23,30-33H,20-21H2,1-7H3/t30-,31-/m1/s1. The van der Waals surface area contributed by atoms with Crippen molar-refractivity contribution in [1.29, 1.82) is 0 Å². The lowest BCUT2D eigenvalue weighted by Gasteiger charge is -2.33. The quantitative estimate of drug-likeness (QED) is 0.263. The van der Waals surface area contributed by atoms with Gasteiger partial charge in [0.05, 0.1) is 14.7 Å². The van der Waals surface area contributed by atoms with Gasteiger partial charge in [-0.3, -0.25) is 0 Å². The molecule has 0 spiro atoms. The highest BCUT2D eigenvalue weighted by molar-refractivity contribution is 7.90. The van der Waals surface area contributed by atoms with Gasteiger partial charge in [-0.15, -0.1) is 0 Å². The van der Waals surface area contributed by atoms with Gasteiger partial charge in [-0.25, -0.2) is 34.7 Å². The summed E-state index contributed by atoms with van der Waals surface area (Å²) >= 11 is 0. The van der Waals surface area contributed by atoms with Crippen molar-refractivity contribution in [3.05, 3.63) is 89.5 Å². The van der Waals surface area contributed by atoms with Crippen LogP contribution in [-0.2, 0) is 30.1 Å². The third-order valence-electron chi connectivity index (χ3n) is 7.34. The molecule has 0 aliphatic heterocycles. The van der Waals surface area contributed by atoms with Crippen LogP contribution in [0.5, 0.6) is 0 Å². The zero-order valence-corrected chi connectivity index (χ0v) is 28.2. The van der Waals surface area contributed by atoms with Crippen LogP contribution in [0.4, 0.5) is 0 Å². The molecule has 0 aliphatic rings. The third kappa shape index (κ3) is 9.19. The molecule has 0 heterocycles. The zero-order valence-electron chi connectivity index (χ0n) is 25.8. The van der Waals surface area contributed by atoms with Crippen LogP contribution < -0.4 is 9.44 Å². The van der Waals surface area contributed by atoms with E-state index in [1.807, 2.05) is 20.8 Å². The fourth-order valence-electron chi connectivity index (χ4n) is 4.31. The van der Waals surface area contributed by atoms with E-state index in [4.69, 9.17) is 0 Å². The molecule has 12 heteroatoms. The lowest BCUT2D eigenvalue weighted by Crippen LogP contribution is -2.53. The molecular weight excluding hydrogens is 607 g/mol. The summed E-state index contributed by atoms with van der Waals surface area (Å²) < 4.78 is 88.0.